The van der Waals surface area contributed by atoms with Crippen LogP contribution >= 0.6 is 0 Å². The van der Waals surface area contributed by atoms with Crippen molar-refractivity contribution in [2.24, 2.45) is 0 Å². The molecular weight excluding hydrogens is 244 g/mol. The zero-order valence-electron chi connectivity index (χ0n) is 11.2. The van der Waals surface area contributed by atoms with Crippen molar-refractivity contribution in [1.29, 1.82) is 0 Å². The number of nitrogens with zero attached hydrogens (tertiary/aromatic N) is 3. The minimum atomic E-state index is -0.440. The molecule has 0 radical (unpaired) electrons. The molecule has 1 aromatic heterocycles. The van der Waals surface area contributed by atoms with E-state index in [1.807, 2.05) is 0 Å². The maximum atomic E-state index is 12.4. The topological polar surface area (TPSA) is 65.5 Å². The number of amides is 2. The van der Waals surface area contributed by atoms with Crippen molar-refractivity contribution in [3.05, 3.63) is 30.1 Å². The van der Waals surface area contributed by atoms with Crippen LogP contribution in [0.3, 0.4) is 0 Å². The molecular formula is C13H18N4O2. The molecule has 1 unspecified atom stereocenters. The van der Waals surface area contributed by atoms with Gasteiger partial charge in [-0.05, 0) is 12.1 Å². The number of carbonyl (C=O) groups excluding carboxylic acids is 2. The third kappa shape index (κ3) is 2.90. The van der Waals surface area contributed by atoms with Gasteiger partial charge >= 0.3 is 0 Å². The SMILES string of the molecule is CN(C)C(=O)C1CNCCN1C(=O)c1ccncc1. The van der Waals surface area contributed by atoms with Gasteiger partial charge in [0, 0.05) is 51.7 Å². The fourth-order valence-electron chi connectivity index (χ4n) is 2.13. The molecule has 0 spiro atoms. The van der Waals surface area contributed by atoms with Crippen molar-refractivity contribution >= 4 is 11.8 Å². The summed E-state index contributed by atoms with van der Waals surface area (Å²) in [6, 6.07) is 2.90. The number of likely N-dealkylation sites (N-methyl/N-ethyl adjacent to an activating group) is 1. The Kier molecular flexibility index (Phi) is 4.11. The van der Waals surface area contributed by atoms with Gasteiger partial charge in [-0.15, -0.1) is 0 Å². The van der Waals surface area contributed by atoms with Crippen molar-refractivity contribution in [2.75, 3.05) is 33.7 Å². The van der Waals surface area contributed by atoms with Crippen LogP contribution in [0.4, 0.5) is 0 Å². The molecule has 2 rings (SSSR count). The normalized spacial score (nSPS) is 19.1. The lowest BCUT2D eigenvalue weighted by atomic mass is 10.1. The van der Waals surface area contributed by atoms with E-state index in [4.69, 9.17) is 0 Å². The van der Waals surface area contributed by atoms with Gasteiger partial charge in [0.2, 0.25) is 5.91 Å². The number of rotatable bonds is 2. The first-order chi connectivity index (χ1) is 9.11. The zero-order chi connectivity index (χ0) is 13.8. The second-order valence-corrected chi connectivity index (χ2v) is 4.69. The summed E-state index contributed by atoms with van der Waals surface area (Å²) in [4.78, 5) is 31.6. The third-order valence-corrected chi connectivity index (χ3v) is 3.16. The standard InChI is InChI=1S/C13H18N4O2/c1-16(2)13(19)11-9-15-7-8-17(11)12(18)10-3-5-14-6-4-10/h3-6,11,15H,7-9H2,1-2H3. The molecule has 6 heteroatoms. The lowest BCUT2D eigenvalue weighted by Gasteiger charge is -2.36. The van der Waals surface area contributed by atoms with Crippen LogP contribution in [0.2, 0.25) is 0 Å². The first-order valence-electron chi connectivity index (χ1n) is 6.24. The van der Waals surface area contributed by atoms with Crippen LogP contribution in [0.5, 0.6) is 0 Å². The number of pyridine rings is 1. The summed E-state index contributed by atoms with van der Waals surface area (Å²) in [7, 11) is 3.40. The van der Waals surface area contributed by atoms with E-state index in [9.17, 15) is 9.59 Å². The van der Waals surface area contributed by atoms with Crippen molar-refractivity contribution in [3.8, 4) is 0 Å². The predicted molar refractivity (Wildman–Crippen MR) is 70.6 cm³/mol. The van der Waals surface area contributed by atoms with E-state index in [2.05, 4.69) is 10.3 Å². The van der Waals surface area contributed by atoms with Crippen molar-refractivity contribution in [2.45, 2.75) is 6.04 Å². The minimum Gasteiger partial charge on any atom is -0.347 e. The van der Waals surface area contributed by atoms with Crippen LogP contribution in [0.15, 0.2) is 24.5 Å². The lowest BCUT2D eigenvalue weighted by Crippen LogP contribution is -2.59. The Morgan fingerprint density at radius 2 is 2.05 bits per heavy atom. The first-order valence-corrected chi connectivity index (χ1v) is 6.24. The predicted octanol–water partition coefficient (Wildman–Crippen LogP) is -0.416. The third-order valence-electron chi connectivity index (χ3n) is 3.16. The number of piperazine rings is 1. The number of hydrogen-bond acceptors (Lipinski definition) is 4. The molecule has 0 aromatic carbocycles. The van der Waals surface area contributed by atoms with Gasteiger partial charge < -0.3 is 15.1 Å². The van der Waals surface area contributed by atoms with E-state index in [0.717, 1.165) is 0 Å². The molecule has 102 valence electrons. The molecule has 1 atom stereocenters. The molecule has 1 aliphatic heterocycles. The van der Waals surface area contributed by atoms with Crippen LogP contribution in [-0.2, 0) is 4.79 Å². The molecule has 1 aliphatic rings. The summed E-state index contributed by atoms with van der Waals surface area (Å²) in [5.74, 6) is -0.182. The van der Waals surface area contributed by atoms with Crippen LogP contribution in [0.25, 0.3) is 0 Å². The largest absolute Gasteiger partial charge is 0.347 e. The summed E-state index contributed by atoms with van der Waals surface area (Å²) < 4.78 is 0. The van der Waals surface area contributed by atoms with Gasteiger partial charge in [-0.2, -0.15) is 0 Å². The Hall–Kier alpha value is -1.95. The Balaban J connectivity index is 2.20. The maximum Gasteiger partial charge on any atom is 0.254 e. The summed E-state index contributed by atoms with van der Waals surface area (Å²) in [5, 5.41) is 3.15. The molecule has 1 saturated heterocycles. The molecule has 0 bridgehead atoms. The molecule has 1 aromatic rings. The quantitative estimate of drug-likeness (QED) is 0.786. The van der Waals surface area contributed by atoms with Gasteiger partial charge in [0.05, 0.1) is 0 Å². The highest BCUT2D eigenvalue weighted by molar-refractivity contribution is 5.97. The van der Waals surface area contributed by atoms with E-state index < -0.39 is 6.04 Å². The highest BCUT2D eigenvalue weighted by atomic mass is 16.2. The van der Waals surface area contributed by atoms with Gasteiger partial charge in [-0.25, -0.2) is 0 Å². The molecule has 2 amide bonds. The number of carbonyl (C=O) groups is 2. The minimum absolute atomic E-state index is 0.0605. The average molecular weight is 262 g/mol. The van der Waals surface area contributed by atoms with Crippen LogP contribution in [0.1, 0.15) is 10.4 Å². The second kappa shape index (κ2) is 5.79. The number of aromatic nitrogens is 1. The fraction of sp³-hybridized carbons (Fsp3) is 0.462. The van der Waals surface area contributed by atoms with Gasteiger partial charge in [-0.1, -0.05) is 0 Å². The van der Waals surface area contributed by atoms with E-state index in [1.165, 1.54) is 4.90 Å². The van der Waals surface area contributed by atoms with E-state index in [0.29, 0.717) is 25.2 Å². The zero-order valence-corrected chi connectivity index (χ0v) is 11.2. The smallest absolute Gasteiger partial charge is 0.254 e. The van der Waals surface area contributed by atoms with E-state index >= 15 is 0 Å². The molecule has 1 N–H and O–H groups in total. The summed E-state index contributed by atoms with van der Waals surface area (Å²) in [5.41, 5.74) is 0.563. The highest BCUT2D eigenvalue weighted by Gasteiger charge is 2.33. The molecule has 6 nitrogen and oxygen atoms in total. The summed E-state index contributed by atoms with van der Waals surface area (Å²) >= 11 is 0. The second-order valence-electron chi connectivity index (χ2n) is 4.69. The van der Waals surface area contributed by atoms with Crippen LogP contribution in [-0.4, -0.2) is 66.4 Å². The fourth-order valence-corrected chi connectivity index (χ4v) is 2.13. The Bertz CT molecular complexity index is 461. The molecule has 1 fully saturated rings. The summed E-state index contributed by atoms with van der Waals surface area (Å²) in [6.45, 7) is 1.73. The first kappa shape index (κ1) is 13.5. The van der Waals surface area contributed by atoms with E-state index in [1.54, 1.807) is 43.5 Å². The Morgan fingerprint density at radius 3 is 2.68 bits per heavy atom. The van der Waals surface area contributed by atoms with Gasteiger partial charge in [0.1, 0.15) is 6.04 Å². The number of nitrogens with one attached hydrogen (secondary N) is 1. The molecule has 0 aliphatic carbocycles. The molecule has 0 saturated carbocycles. The van der Waals surface area contributed by atoms with Gasteiger partial charge in [-0.3, -0.25) is 14.6 Å². The monoisotopic (exact) mass is 262 g/mol. The molecule has 19 heavy (non-hydrogen) atoms. The highest BCUT2D eigenvalue weighted by Crippen LogP contribution is 2.11. The van der Waals surface area contributed by atoms with Crippen LogP contribution < -0.4 is 5.32 Å². The van der Waals surface area contributed by atoms with Crippen molar-refractivity contribution in [1.82, 2.24) is 20.1 Å². The van der Waals surface area contributed by atoms with Gasteiger partial charge in [0.25, 0.3) is 5.91 Å². The molecule has 2 heterocycles. The van der Waals surface area contributed by atoms with Gasteiger partial charge in [0.15, 0.2) is 0 Å². The lowest BCUT2D eigenvalue weighted by molar-refractivity contribution is -0.134. The maximum absolute atomic E-state index is 12.4. The average Bonchev–Trinajstić information content (AvgIpc) is 2.46. The Morgan fingerprint density at radius 1 is 1.37 bits per heavy atom. The van der Waals surface area contributed by atoms with Crippen molar-refractivity contribution < 1.29 is 9.59 Å². The number of hydrogen-bond donors (Lipinski definition) is 1. The van der Waals surface area contributed by atoms with Crippen molar-refractivity contribution in [3.63, 3.8) is 0 Å². The summed E-state index contributed by atoms with van der Waals surface area (Å²) in [6.07, 6.45) is 3.16. The Labute approximate surface area is 112 Å². The van der Waals surface area contributed by atoms with E-state index in [-0.39, 0.29) is 11.8 Å². The van der Waals surface area contributed by atoms with Crippen LogP contribution in [0, 0.1) is 0 Å².